The van der Waals surface area contributed by atoms with Crippen LogP contribution in [0.2, 0.25) is 0 Å². The number of nitrogens with zero attached hydrogens (tertiary/aromatic N) is 1. The van der Waals surface area contributed by atoms with Gasteiger partial charge in [0, 0.05) is 5.39 Å². The molecule has 1 N–H and O–H groups in total. The van der Waals surface area contributed by atoms with Gasteiger partial charge in [-0.25, -0.2) is 0 Å². The Morgan fingerprint density at radius 1 is 1.05 bits per heavy atom. The molecule has 0 radical (unpaired) electrons. The summed E-state index contributed by atoms with van der Waals surface area (Å²) in [7, 11) is 2.07. The van der Waals surface area contributed by atoms with Crippen molar-refractivity contribution >= 4 is 10.9 Å². The molecule has 0 spiro atoms. The van der Waals surface area contributed by atoms with Crippen molar-refractivity contribution in [3.63, 3.8) is 0 Å². The largest absolute Gasteiger partial charge is 0.311 e. The van der Waals surface area contributed by atoms with Crippen LogP contribution < -0.4 is 5.32 Å². The molecule has 2 heteroatoms. The van der Waals surface area contributed by atoms with E-state index in [0.29, 0.717) is 6.04 Å². The second-order valence-corrected chi connectivity index (χ2v) is 6.22. The van der Waals surface area contributed by atoms with Gasteiger partial charge in [-0.3, -0.25) is 4.98 Å². The molecule has 2 nitrogen and oxygen atoms in total. The van der Waals surface area contributed by atoms with E-state index in [1.165, 1.54) is 36.8 Å². The summed E-state index contributed by atoms with van der Waals surface area (Å²) in [5, 5.41) is 4.73. The average molecular weight is 268 g/mol. The lowest BCUT2D eigenvalue weighted by Gasteiger charge is -2.32. The minimum absolute atomic E-state index is 0.395. The number of hydrogen-bond acceptors (Lipinski definition) is 2. The highest BCUT2D eigenvalue weighted by Gasteiger charge is 2.27. The first-order chi connectivity index (χ1) is 9.78. The number of fused-ring (bicyclic) bond motifs is 1. The van der Waals surface area contributed by atoms with Crippen molar-refractivity contribution in [1.82, 2.24) is 10.3 Å². The fraction of sp³-hybridized carbons (Fsp3) is 0.500. The Kier molecular flexibility index (Phi) is 4.02. The Morgan fingerprint density at radius 3 is 2.55 bits per heavy atom. The molecule has 1 aromatic carbocycles. The summed E-state index contributed by atoms with van der Waals surface area (Å²) in [5.74, 6) is 1.62. The van der Waals surface area contributed by atoms with Gasteiger partial charge in [0.05, 0.1) is 17.3 Å². The molecular formula is C18H24N2. The first kappa shape index (κ1) is 13.6. The molecule has 1 atom stereocenters. The third kappa shape index (κ3) is 2.71. The molecule has 0 aliphatic heterocycles. The van der Waals surface area contributed by atoms with Gasteiger partial charge in [0.25, 0.3) is 0 Å². The van der Waals surface area contributed by atoms with Crippen molar-refractivity contribution in [2.45, 2.75) is 38.6 Å². The Morgan fingerprint density at radius 2 is 1.80 bits per heavy atom. The van der Waals surface area contributed by atoms with Gasteiger partial charge in [0.2, 0.25) is 0 Å². The number of aromatic nitrogens is 1. The van der Waals surface area contributed by atoms with E-state index in [2.05, 4.69) is 55.7 Å². The zero-order chi connectivity index (χ0) is 13.9. The van der Waals surface area contributed by atoms with E-state index >= 15 is 0 Å². The number of nitrogens with one attached hydrogen (secondary N) is 1. The molecule has 20 heavy (non-hydrogen) atoms. The third-order valence-electron chi connectivity index (χ3n) is 4.78. The van der Waals surface area contributed by atoms with Crippen molar-refractivity contribution < 1.29 is 0 Å². The van der Waals surface area contributed by atoms with Crippen LogP contribution in [0.5, 0.6) is 0 Å². The molecule has 0 amide bonds. The molecule has 1 aliphatic carbocycles. The van der Waals surface area contributed by atoms with E-state index in [-0.39, 0.29) is 0 Å². The standard InChI is InChI=1S/C18H24N2/c1-13-7-9-15(10-8-13)18(19-2)17-12-11-14-5-3-4-6-16(14)20-17/h3-6,11-13,15,18-19H,7-10H2,1-2H3. The molecule has 0 saturated heterocycles. The second-order valence-electron chi connectivity index (χ2n) is 6.22. The summed E-state index contributed by atoms with van der Waals surface area (Å²) in [6.45, 7) is 2.37. The predicted molar refractivity (Wildman–Crippen MR) is 84.7 cm³/mol. The highest BCUT2D eigenvalue weighted by atomic mass is 14.9. The summed E-state index contributed by atoms with van der Waals surface area (Å²) in [5.41, 5.74) is 2.31. The Balaban J connectivity index is 1.87. The molecule has 1 heterocycles. The summed E-state index contributed by atoms with van der Waals surface area (Å²) in [4.78, 5) is 4.88. The second kappa shape index (κ2) is 5.92. The van der Waals surface area contributed by atoms with E-state index in [0.717, 1.165) is 17.4 Å². The SMILES string of the molecule is CNC(c1ccc2ccccc2n1)C1CCC(C)CC1. The Hall–Kier alpha value is -1.41. The Labute approximate surface area is 121 Å². The fourth-order valence-corrected chi connectivity index (χ4v) is 3.50. The minimum Gasteiger partial charge on any atom is -0.311 e. The van der Waals surface area contributed by atoms with Crippen molar-refractivity contribution in [3.05, 3.63) is 42.1 Å². The molecule has 1 unspecified atom stereocenters. The number of rotatable bonds is 3. The van der Waals surface area contributed by atoms with E-state index in [1.807, 2.05) is 0 Å². The van der Waals surface area contributed by atoms with Gasteiger partial charge >= 0.3 is 0 Å². The molecule has 1 fully saturated rings. The van der Waals surface area contributed by atoms with Crippen molar-refractivity contribution in [1.29, 1.82) is 0 Å². The first-order valence-electron chi connectivity index (χ1n) is 7.81. The van der Waals surface area contributed by atoms with E-state index < -0.39 is 0 Å². The number of benzene rings is 1. The number of pyridine rings is 1. The van der Waals surface area contributed by atoms with Crippen molar-refractivity contribution in [3.8, 4) is 0 Å². The van der Waals surface area contributed by atoms with E-state index in [4.69, 9.17) is 4.98 Å². The maximum Gasteiger partial charge on any atom is 0.0706 e. The highest BCUT2D eigenvalue weighted by molar-refractivity contribution is 5.78. The van der Waals surface area contributed by atoms with Crippen LogP contribution in [0.4, 0.5) is 0 Å². The third-order valence-corrected chi connectivity index (χ3v) is 4.78. The quantitative estimate of drug-likeness (QED) is 0.896. The van der Waals surface area contributed by atoms with Crippen LogP contribution in [0.1, 0.15) is 44.3 Å². The number of hydrogen-bond donors (Lipinski definition) is 1. The monoisotopic (exact) mass is 268 g/mol. The van der Waals surface area contributed by atoms with Crippen LogP contribution in [0, 0.1) is 11.8 Å². The molecule has 1 aliphatic rings. The molecule has 1 saturated carbocycles. The summed E-state index contributed by atoms with van der Waals surface area (Å²) in [6, 6.07) is 13.2. The van der Waals surface area contributed by atoms with Crippen LogP contribution in [0.3, 0.4) is 0 Å². The molecule has 3 rings (SSSR count). The van der Waals surface area contributed by atoms with Crippen LogP contribution in [-0.4, -0.2) is 12.0 Å². The van der Waals surface area contributed by atoms with Gasteiger partial charge in [0.15, 0.2) is 0 Å². The van der Waals surface area contributed by atoms with Crippen LogP contribution in [-0.2, 0) is 0 Å². The van der Waals surface area contributed by atoms with Gasteiger partial charge in [-0.2, -0.15) is 0 Å². The minimum atomic E-state index is 0.395. The maximum atomic E-state index is 4.88. The van der Waals surface area contributed by atoms with Crippen LogP contribution in [0.15, 0.2) is 36.4 Å². The Bertz CT molecular complexity index is 570. The van der Waals surface area contributed by atoms with Gasteiger partial charge in [-0.05, 0) is 43.9 Å². The first-order valence-corrected chi connectivity index (χ1v) is 7.81. The summed E-state index contributed by atoms with van der Waals surface area (Å²) < 4.78 is 0. The van der Waals surface area contributed by atoms with Crippen LogP contribution >= 0.6 is 0 Å². The molecule has 106 valence electrons. The summed E-state index contributed by atoms with van der Waals surface area (Å²) in [6.07, 6.45) is 5.36. The van der Waals surface area contributed by atoms with E-state index in [9.17, 15) is 0 Å². The van der Waals surface area contributed by atoms with Gasteiger partial charge in [-0.1, -0.05) is 44.0 Å². The van der Waals surface area contributed by atoms with E-state index in [1.54, 1.807) is 0 Å². The van der Waals surface area contributed by atoms with Gasteiger partial charge in [0.1, 0.15) is 0 Å². The fourth-order valence-electron chi connectivity index (χ4n) is 3.50. The molecular weight excluding hydrogens is 244 g/mol. The summed E-state index contributed by atoms with van der Waals surface area (Å²) >= 11 is 0. The zero-order valence-electron chi connectivity index (χ0n) is 12.5. The molecule has 0 bridgehead atoms. The normalized spacial score (nSPS) is 24.7. The lowest BCUT2D eigenvalue weighted by molar-refractivity contribution is 0.235. The molecule has 1 aromatic heterocycles. The predicted octanol–water partition coefficient (Wildman–Crippen LogP) is 4.32. The highest BCUT2D eigenvalue weighted by Crippen LogP contribution is 2.36. The van der Waals surface area contributed by atoms with Crippen molar-refractivity contribution in [2.75, 3.05) is 7.05 Å². The average Bonchev–Trinajstić information content (AvgIpc) is 2.50. The van der Waals surface area contributed by atoms with Crippen LogP contribution in [0.25, 0.3) is 10.9 Å². The maximum absolute atomic E-state index is 4.88. The number of para-hydroxylation sites is 1. The van der Waals surface area contributed by atoms with Gasteiger partial charge < -0.3 is 5.32 Å². The van der Waals surface area contributed by atoms with Gasteiger partial charge in [-0.15, -0.1) is 0 Å². The van der Waals surface area contributed by atoms with Crippen molar-refractivity contribution in [2.24, 2.45) is 11.8 Å². The molecule has 2 aromatic rings. The lowest BCUT2D eigenvalue weighted by Crippen LogP contribution is -2.29. The lowest BCUT2D eigenvalue weighted by atomic mass is 9.78. The zero-order valence-corrected chi connectivity index (χ0v) is 12.5. The topological polar surface area (TPSA) is 24.9 Å². The smallest absolute Gasteiger partial charge is 0.0706 e.